The Balaban J connectivity index is 1.59. The Morgan fingerprint density at radius 2 is 1.97 bits per heavy atom. The summed E-state index contributed by atoms with van der Waals surface area (Å²) in [7, 11) is 1.26. The first-order valence-corrected chi connectivity index (χ1v) is 10.3. The molecule has 5 rings (SSSR count). The van der Waals surface area contributed by atoms with Gasteiger partial charge in [-0.2, -0.15) is 36.4 Å². The molecule has 0 saturated carbocycles. The molecule has 14 heteroatoms. The molecule has 2 fully saturated rings. The van der Waals surface area contributed by atoms with Crippen molar-refractivity contribution in [3.05, 3.63) is 33.9 Å². The molecule has 33 heavy (non-hydrogen) atoms. The standard InChI is InChI=1S/C19H20F6N6O2/c1-28-6-10(16(27-28)19(23,24)25)7-31-13(18(20,21)22)2-3-29-15(32)5-14(26-17(29)31)30-8-12-4-11(30)9-33-12/h5-6,11-13H,2-4,7-9H2,1H3/t11?,12?,13-/m0/s1. The summed E-state index contributed by atoms with van der Waals surface area (Å²) in [5.41, 5.74) is -2.25. The lowest BCUT2D eigenvalue weighted by atomic mass is 10.1. The zero-order chi connectivity index (χ0) is 23.7. The number of fused-ring (bicyclic) bond motifs is 3. The van der Waals surface area contributed by atoms with Gasteiger partial charge in [0.05, 0.1) is 25.3 Å². The van der Waals surface area contributed by atoms with Gasteiger partial charge in [-0.25, -0.2) is 0 Å². The van der Waals surface area contributed by atoms with Crippen molar-refractivity contribution in [1.29, 1.82) is 0 Å². The summed E-state index contributed by atoms with van der Waals surface area (Å²) < 4.78 is 89.7. The Labute approximate surface area is 183 Å². The van der Waals surface area contributed by atoms with E-state index in [1.807, 2.05) is 4.90 Å². The summed E-state index contributed by atoms with van der Waals surface area (Å²) in [6.45, 7) is -0.122. The maximum absolute atomic E-state index is 13.9. The van der Waals surface area contributed by atoms with Crippen LogP contribution >= 0.6 is 0 Å². The Bertz CT molecular complexity index is 1130. The number of ether oxygens (including phenoxy) is 1. The minimum absolute atomic E-state index is 0.0423. The Morgan fingerprint density at radius 3 is 2.58 bits per heavy atom. The van der Waals surface area contributed by atoms with Crippen molar-refractivity contribution in [2.45, 2.75) is 56.5 Å². The minimum atomic E-state index is -4.84. The highest BCUT2D eigenvalue weighted by atomic mass is 19.4. The second-order valence-electron chi connectivity index (χ2n) is 8.55. The van der Waals surface area contributed by atoms with Gasteiger partial charge in [0.25, 0.3) is 5.56 Å². The molecule has 0 amide bonds. The van der Waals surface area contributed by atoms with Crippen LogP contribution in [0.5, 0.6) is 0 Å². The smallest absolute Gasteiger partial charge is 0.374 e. The molecule has 8 nitrogen and oxygen atoms in total. The molecular weight excluding hydrogens is 458 g/mol. The summed E-state index contributed by atoms with van der Waals surface area (Å²) in [6, 6.07) is -0.878. The Morgan fingerprint density at radius 1 is 1.21 bits per heavy atom. The predicted molar refractivity (Wildman–Crippen MR) is 103 cm³/mol. The molecular formula is C19H20F6N6O2. The molecule has 0 spiro atoms. The number of alkyl halides is 6. The van der Waals surface area contributed by atoms with E-state index in [0.29, 0.717) is 13.2 Å². The lowest BCUT2D eigenvalue weighted by Gasteiger charge is -2.39. The lowest BCUT2D eigenvalue weighted by Crippen LogP contribution is -2.52. The predicted octanol–water partition coefficient (Wildman–Crippen LogP) is 2.31. The fourth-order valence-electron chi connectivity index (χ4n) is 4.88. The van der Waals surface area contributed by atoms with Crippen molar-refractivity contribution in [3.8, 4) is 0 Å². The molecule has 0 radical (unpaired) electrons. The summed E-state index contributed by atoms with van der Waals surface area (Å²) in [5.74, 6) is -0.0937. The van der Waals surface area contributed by atoms with Crippen LogP contribution in [0, 0.1) is 0 Å². The summed E-state index contributed by atoms with van der Waals surface area (Å²) in [4.78, 5) is 19.7. The number of hydrogen-bond donors (Lipinski definition) is 0. The van der Waals surface area contributed by atoms with Crippen molar-refractivity contribution in [2.24, 2.45) is 7.05 Å². The van der Waals surface area contributed by atoms with Crippen LogP contribution in [0.15, 0.2) is 17.1 Å². The van der Waals surface area contributed by atoms with Crippen LogP contribution in [-0.4, -0.2) is 56.8 Å². The quantitative estimate of drug-likeness (QED) is 0.631. The van der Waals surface area contributed by atoms with E-state index >= 15 is 0 Å². The third-order valence-corrected chi connectivity index (χ3v) is 6.32. The number of aromatic nitrogens is 4. The molecule has 0 N–H and O–H groups in total. The van der Waals surface area contributed by atoms with Crippen molar-refractivity contribution < 1.29 is 31.1 Å². The van der Waals surface area contributed by atoms with Gasteiger partial charge in [-0.1, -0.05) is 0 Å². The lowest BCUT2D eigenvalue weighted by molar-refractivity contribution is -0.153. The second-order valence-corrected chi connectivity index (χ2v) is 8.55. The first kappa shape index (κ1) is 22.0. The van der Waals surface area contributed by atoms with E-state index in [1.54, 1.807) is 0 Å². The van der Waals surface area contributed by atoms with E-state index < -0.39 is 48.2 Å². The minimum Gasteiger partial charge on any atom is -0.374 e. The molecule has 5 heterocycles. The monoisotopic (exact) mass is 478 g/mol. The summed E-state index contributed by atoms with van der Waals surface area (Å²) in [6.07, 6.45) is -8.35. The SMILES string of the molecule is Cn1cc(CN2c3nc(N4CC5CC4CO5)cc(=O)n3CC[C@H]2C(F)(F)F)c(C(F)(F)F)n1. The average Bonchev–Trinajstić information content (AvgIpc) is 3.42. The van der Waals surface area contributed by atoms with E-state index in [4.69, 9.17) is 4.74 Å². The van der Waals surface area contributed by atoms with Crippen LogP contribution in [0.25, 0.3) is 0 Å². The fourth-order valence-corrected chi connectivity index (χ4v) is 4.88. The van der Waals surface area contributed by atoms with Gasteiger partial charge in [-0.3, -0.25) is 14.0 Å². The number of anilines is 2. The van der Waals surface area contributed by atoms with Gasteiger partial charge in [0.2, 0.25) is 5.95 Å². The van der Waals surface area contributed by atoms with E-state index in [0.717, 1.165) is 26.8 Å². The number of hydrogen-bond acceptors (Lipinski definition) is 6. The summed E-state index contributed by atoms with van der Waals surface area (Å²) in [5, 5.41) is 3.39. The van der Waals surface area contributed by atoms with Crippen LogP contribution in [0.2, 0.25) is 0 Å². The van der Waals surface area contributed by atoms with Gasteiger partial charge >= 0.3 is 12.4 Å². The highest BCUT2D eigenvalue weighted by molar-refractivity contribution is 5.49. The van der Waals surface area contributed by atoms with E-state index in [1.165, 1.54) is 13.1 Å². The van der Waals surface area contributed by atoms with Gasteiger partial charge in [0.15, 0.2) is 5.69 Å². The van der Waals surface area contributed by atoms with Crippen LogP contribution < -0.4 is 15.4 Å². The number of morpholine rings is 1. The third kappa shape index (κ3) is 3.83. The highest BCUT2D eigenvalue weighted by Gasteiger charge is 2.48. The molecule has 3 aliphatic heterocycles. The molecule has 180 valence electrons. The Kier molecular flexibility index (Phi) is 4.92. The third-order valence-electron chi connectivity index (χ3n) is 6.32. The molecule has 3 atom stereocenters. The zero-order valence-electron chi connectivity index (χ0n) is 17.4. The van der Waals surface area contributed by atoms with Gasteiger partial charge in [-0.15, -0.1) is 0 Å². The van der Waals surface area contributed by atoms with Crippen LogP contribution in [0.4, 0.5) is 38.1 Å². The number of nitrogens with zero attached hydrogens (tertiary/aromatic N) is 6. The summed E-state index contributed by atoms with van der Waals surface area (Å²) >= 11 is 0. The second kappa shape index (κ2) is 7.37. The van der Waals surface area contributed by atoms with Crippen molar-refractivity contribution in [1.82, 2.24) is 19.3 Å². The van der Waals surface area contributed by atoms with Gasteiger partial charge in [-0.05, 0) is 12.8 Å². The van der Waals surface area contributed by atoms with Crippen LogP contribution in [-0.2, 0) is 31.1 Å². The normalized spacial score (nSPS) is 25.1. The Hall–Kier alpha value is -2.77. The van der Waals surface area contributed by atoms with Crippen molar-refractivity contribution in [2.75, 3.05) is 23.0 Å². The molecule has 0 aromatic carbocycles. The maximum Gasteiger partial charge on any atom is 0.435 e. The van der Waals surface area contributed by atoms with E-state index in [2.05, 4.69) is 10.1 Å². The van der Waals surface area contributed by atoms with E-state index in [-0.39, 0.29) is 30.5 Å². The average molecular weight is 478 g/mol. The maximum atomic E-state index is 13.9. The molecule has 2 bridgehead atoms. The molecule has 2 saturated heterocycles. The fraction of sp³-hybridized carbons (Fsp3) is 0.632. The van der Waals surface area contributed by atoms with Crippen molar-refractivity contribution >= 4 is 11.8 Å². The van der Waals surface area contributed by atoms with Crippen LogP contribution in [0.1, 0.15) is 24.1 Å². The first-order chi connectivity index (χ1) is 15.4. The zero-order valence-corrected chi connectivity index (χ0v) is 17.4. The van der Waals surface area contributed by atoms with E-state index in [9.17, 15) is 31.1 Å². The molecule has 0 aliphatic carbocycles. The van der Waals surface area contributed by atoms with Gasteiger partial charge < -0.3 is 14.5 Å². The number of halogens is 6. The number of aryl methyl sites for hydroxylation is 1. The largest absolute Gasteiger partial charge is 0.435 e. The van der Waals surface area contributed by atoms with Crippen LogP contribution in [0.3, 0.4) is 0 Å². The van der Waals surface area contributed by atoms with Gasteiger partial charge in [0.1, 0.15) is 11.9 Å². The van der Waals surface area contributed by atoms with Gasteiger partial charge in [0, 0.05) is 38.0 Å². The highest BCUT2D eigenvalue weighted by Crippen LogP contribution is 2.38. The molecule has 2 unspecified atom stereocenters. The first-order valence-electron chi connectivity index (χ1n) is 10.3. The topological polar surface area (TPSA) is 68.4 Å². The molecule has 3 aliphatic rings. The van der Waals surface area contributed by atoms with Crippen molar-refractivity contribution in [3.63, 3.8) is 0 Å². The molecule has 2 aromatic rings. The number of rotatable bonds is 3. The molecule has 2 aromatic heterocycles.